The van der Waals surface area contributed by atoms with Gasteiger partial charge in [0.2, 0.25) is 0 Å². The van der Waals surface area contributed by atoms with Crippen molar-refractivity contribution >= 4 is 11.9 Å². The van der Waals surface area contributed by atoms with Gasteiger partial charge in [-0.2, -0.15) is 13.2 Å². The highest BCUT2D eigenvalue weighted by Gasteiger charge is 2.34. The van der Waals surface area contributed by atoms with Crippen LogP contribution >= 0.6 is 0 Å². The Bertz CT molecular complexity index is 839. The number of carbonyl (C=O) groups is 2. The van der Waals surface area contributed by atoms with Gasteiger partial charge in [-0.1, -0.05) is 6.07 Å². The number of benzene rings is 1. The maximum atomic E-state index is 13.8. The number of nitrogens with zero attached hydrogens (tertiary/aromatic N) is 2. The fraction of sp³-hybridized carbons (Fsp3) is 0.143. The van der Waals surface area contributed by atoms with E-state index in [-0.39, 0.29) is 5.56 Å². The number of carboxylic acid groups (broad SMARTS) is 1. The van der Waals surface area contributed by atoms with E-state index in [0.29, 0.717) is 18.5 Å². The Morgan fingerprint density at radius 3 is 2.36 bits per heavy atom. The Labute approximate surface area is 136 Å². The van der Waals surface area contributed by atoms with E-state index in [1.54, 1.807) is 0 Å². The molecule has 25 heavy (non-hydrogen) atoms. The lowest BCUT2D eigenvalue weighted by atomic mass is 10.1. The molecule has 0 saturated carbocycles. The van der Waals surface area contributed by atoms with E-state index in [1.165, 1.54) is 0 Å². The molecule has 6 nitrogen and oxygen atoms in total. The summed E-state index contributed by atoms with van der Waals surface area (Å²) in [6, 6.07) is 2.08. The summed E-state index contributed by atoms with van der Waals surface area (Å²) in [6.07, 6.45) is -4.26. The molecule has 0 aliphatic rings. The molecule has 11 heteroatoms. The number of carboxylic acids is 1. The third kappa shape index (κ3) is 4.05. The highest BCUT2D eigenvalue weighted by molar-refractivity contribution is 5.95. The second kappa shape index (κ2) is 6.79. The topological polar surface area (TPSA) is 92.2 Å². The number of aromatic carboxylic acids is 1. The molecule has 2 aromatic rings. The predicted molar refractivity (Wildman–Crippen MR) is 71.5 cm³/mol. The van der Waals surface area contributed by atoms with Gasteiger partial charge in [-0.05, 0) is 17.7 Å². The van der Waals surface area contributed by atoms with Crippen LogP contribution in [0.15, 0.2) is 24.5 Å². The van der Waals surface area contributed by atoms with E-state index in [1.807, 2.05) is 0 Å². The minimum atomic E-state index is -4.92. The van der Waals surface area contributed by atoms with Crippen LogP contribution in [0.1, 0.15) is 32.1 Å². The predicted octanol–water partition coefficient (Wildman–Crippen LogP) is 2.40. The second-order valence-corrected chi connectivity index (χ2v) is 4.68. The number of aromatic nitrogens is 2. The quantitative estimate of drug-likeness (QED) is 0.816. The van der Waals surface area contributed by atoms with Crippen LogP contribution < -0.4 is 5.32 Å². The van der Waals surface area contributed by atoms with Crippen LogP contribution in [0.3, 0.4) is 0 Å². The van der Waals surface area contributed by atoms with Crippen molar-refractivity contribution < 1.29 is 36.6 Å². The average Bonchev–Trinajstić information content (AvgIpc) is 2.52. The molecule has 132 valence electrons. The SMILES string of the molecule is O=C(O)c1ncnc(C(=O)NCc2ccc(F)c(C(F)(F)F)c2)c1F. The minimum Gasteiger partial charge on any atom is -0.476 e. The lowest BCUT2D eigenvalue weighted by Crippen LogP contribution is -2.26. The summed E-state index contributed by atoms with van der Waals surface area (Å²) in [6.45, 7) is -0.492. The average molecular weight is 361 g/mol. The van der Waals surface area contributed by atoms with Gasteiger partial charge in [0, 0.05) is 6.54 Å². The molecule has 0 spiro atoms. The molecule has 1 amide bonds. The number of hydrogen-bond donors (Lipinski definition) is 2. The number of rotatable bonds is 4. The third-order valence-corrected chi connectivity index (χ3v) is 3.00. The summed E-state index contributed by atoms with van der Waals surface area (Å²) < 4.78 is 64.8. The van der Waals surface area contributed by atoms with E-state index in [4.69, 9.17) is 5.11 Å². The Balaban J connectivity index is 2.19. The first-order valence-electron chi connectivity index (χ1n) is 6.49. The van der Waals surface area contributed by atoms with Gasteiger partial charge in [-0.15, -0.1) is 0 Å². The molecule has 0 unspecified atom stereocenters. The molecule has 0 bridgehead atoms. The number of nitrogens with one attached hydrogen (secondary N) is 1. The van der Waals surface area contributed by atoms with E-state index in [9.17, 15) is 31.5 Å². The standard InChI is InChI=1S/C14H8F5N3O3/c15-8-2-1-6(3-7(8)14(17,18)19)4-20-12(23)10-9(16)11(13(24)25)22-5-21-10/h1-3,5H,4H2,(H,20,23)(H,24,25). The van der Waals surface area contributed by atoms with Crippen LogP contribution in [-0.2, 0) is 12.7 Å². The zero-order valence-electron chi connectivity index (χ0n) is 12.1. The molecular weight excluding hydrogens is 353 g/mol. The molecule has 0 atom stereocenters. The van der Waals surface area contributed by atoms with Gasteiger partial charge in [0.1, 0.15) is 12.1 Å². The smallest absolute Gasteiger partial charge is 0.419 e. The first-order valence-corrected chi connectivity index (χ1v) is 6.49. The lowest BCUT2D eigenvalue weighted by molar-refractivity contribution is -0.140. The maximum absolute atomic E-state index is 13.8. The van der Waals surface area contributed by atoms with Crippen LogP contribution in [0.25, 0.3) is 0 Å². The van der Waals surface area contributed by atoms with Crippen molar-refractivity contribution in [1.29, 1.82) is 0 Å². The van der Waals surface area contributed by atoms with Crippen molar-refractivity contribution in [2.75, 3.05) is 0 Å². The summed E-state index contributed by atoms with van der Waals surface area (Å²) in [5, 5.41) is 10.8. The molecule has 0 aliphatic heterocycles. The molecule has 0 saturated heterocycles. The fourth-order valence-electron chi connectivity index (χ4n) is 1.84. The summed E-state index contributed by atoms with van der Waals surface area (Å²) in [5.41, 5.74) is -3.53. The summed E-state index contributed by atoms with van der Waals surface area (Å²) >= 11 is 0. The highest BCUT2D eigenvalue weighted by Crippen LogP contribution is 2.31. The molecule has 2 rings (SSSR count). The third-order valence-electron chi connectivity index (χ3n) is 3.00. The van der Waals surface area contributed by atoms with Crippen molar-refractivity contribution in [1.82, 2.24) is 15.3 Å². The highest BCUT2D eigenvalue weighted by atomic mass is 19.4. The second-order valence-electron chi connectivity index (χ2n) is 4.68. The summed E-state index contributed by atoms with van der Waals surface area (Å²) in [4.78, 5) is 29.0. The molecule has 1 heterocycles. The van der Waals surface area contributed by atoms with Crippen molar-refractivity contribution in [3.63, 3.8) is 0 Å². The van der Waals surface area contributed by atoms with Gasteiger partial charge >= 0.3 is 12.1 Å². The summed E-state index contributed by atoms with van der Waals surface area (Å²) in [5.74, 6) is -5.85. The molecule has 1 aromatic carbocycles. The first-order chi connectivity index (χ1) is 11.6. The van der Waals surface area contributed by atoms with Gasteiger partial charge in [-0.25, -0.2) is 23.5 Å². The number of hydrogen-bond acceptors (Lipinski definition) is 4. The van der Waals surface area contributed by atoms with Gasteiger partial charge in [0.25, 0.3) is 5.91 Å². The van der Waals surface area contributed by atoms with Crippen LogP contribution in [0.2, 0.25) is 0 Å². The van der Waals surface area contributed by atoms with Crippen molar-refractivity contribution in [2.45, 2.75) is 12.7 Å². The molecular formula is C14H8F5N3O3. The molecule has 2 N–H and O–H groups in total. The van der Waals surface area contributed by atoms with Crippen LogP contribution in [0.5, 0.6) is 0 Å². The molecule has 0 aliphatic carbocycles. The van der Waals surface area contributed by atoms with E-state index in [2.05, 4.69) is 15.3 Å². The van der Waals surface area contributed by atoms with Crippen molar-refractivity contribution in [3.8, 4) is 0 Å². The summed E-state index contributed by atoms with van der Waals surface area (Å²) in [7, 11) is 0. The van der Waals surface area contributed by atoms with Gasteiger partial charge in [0.05, 0.1) is 5.56 Å². The molecule has 1 aromatic heterocycles. The lowest BCUT2D eigenvalue weighted by Gasteiger charge is -2.11. The number of halogens is 5. The number of alkyl halides is 3. The zero-order valence-corrected chi connectivity index (χ0v) is 12.1. The van der Waals surface area contributed by atoms with Gasteiger partial charge < -0.3 is 10.4 Å². The first kappa shape index (κ1) is 18.2. The Morgan fingerprint density at radius 1 is 1.12 bits per heavy atom. The van der Waals surface area contributed by atoms with Crippen molar-refractivity contribution in [2.24, 2.45) is 0 Å². The fourth-order valence-corrected chi connectivity index (χ4v) is 1.84. The van der Waals surface area contributed by atoms with E-state index >= 15 is 0 Å². The minimum absolute atomic E-state index is 0.102. The number of carbonyl (C=O) groups excluding carboxylic acids is 1. The zero-order chi connectivity index (χ0) is 18.8. The number of amides is 1. The van der Waals surface area contributed by atoms with E-state index in [0.717, 1.165) is 6.07 Å². The van der Waals surface area contributed by atoms with Crippen LogP contribution in [0.4, 0.5) is 22.0 Å². The maximum Gasteiger partial charge on any atom is 0.419 e. The largest absolute Gasteiger partial charge is 0.476 e. The van der Waals surface area contributed by atoms with Crippen molar-refractivity contribution in [3.05, 3.63) is 58.7 Å². The molecule has 0 fully saturated rings. The molecule has 0 radical (unpaired) electrons. The van der Waals surface area contributed by atoms with Gasteiger partial charge in [-0.3, -0.25) is 4.79 Å². The monoisotopic (exact) mass is 361 g/mol. The normalized spacial score (nSPS) is 11.2. The van der Waals surface area contributed by atoms with Gasteiger partial charge in [0.15, 0.2) is 17.2 Å². The Hall–Kier alpha value is -3.11. The van der Waals surface area contributed by atoms with Crippen LogP contribution in [-0.4, -0.2) is 27.0 Å². The Kier molecular flexibility index (Phi) is 4.95. The van der Waals surface area contributed by atoms with E-state index < -0.39 is 53.2 Å². The van der Waals surface area contributed by atoms with Crippen LogP contribution in [0, 0.1) is 11.6 Å². The Morgan fingerprint density at radius 2 is 1.76 bits per heavy atom.